The maximum atomic E-state index is 12.4. The minimum atomic E-state index is -0.0158. The van der Waals surface area contributed by atoms with Gasteiger partial charge in [0.15, 0.2) is 5.78 Å². The monoisotopic (exact) mass is 312 g/mol. The van der Waals surface area contributed by atoms with E-state index in [-0.39, 0.29) is 11.7 Å². The molecule has 5 heteroatoms. The van der Waals surface area contributed by atoms with E-state index in [1.54, 1.807) is 21.7 Å². The maximum Gasteiger partial charge on any atom is 0.271 e. The largest absolute Gasteiger partial charge is 0.346 e. The summed E-state index contributed by atoms with van der Waals surface area (Å²) in [4.78, 5) is 26.1. The lowest BCUT2D eigenvalue weighted by molar-refractivity contribution is 0.0747. The number of aromatic nitrogens is 1. The zero-order valence-electron chi connectivity index (χ0n) is 10.5. The summed E-state index contributed by atoms with van der Waals surface area (Å²) in [6.07, 6.45) is 4.21. The lowest BCUT2D eigenvalue weighted by Gasteiger charge is -2.20. The highest BCUT2D eigenvalue weighted by Gasteiger charge is 2.28. The predicted octanol–water partition coefficient (Wildman–Crippen LogP) is 2.23. The molecule has 1 amide bonds. The average Bonchev–Trinajstić information content (AvgIpc) is 2.69. The van der Waals surface area contributed by atoms with Crippen LogP contribution in [0.3, 0.4) is 0 Å². The fourth-order valence-electron chi connectivity index (χ4n) is 2.25. The number of aryl methyl sites for hydroxylation is 1. The van der Waals surface area contributed by atoms with Gasteiger partial charge < -0.3 is 9.47 Å². The van der Waals surface area contributed by atoms with Crippen LogP contribution in [-0.2, 0) is 7.05 Å². The van der Waals surface area contributed by atoms with E-state index in [9.17, 15) is 9.59 Å². The number of hydrogen-bond acceptors (Lipinski definition) is 2. The third-order valence-electron chi connectivity index (χ3n) is 3.28. The van der Waals surface area contributed by atoms with E-state index in [0.717, 1.165) is 24.7 Å². The Hall–Kier alpha value is -1.10. The average molecular weight is 313 g/mol. The van der Waals surface area contributed by atoms with Crippen molar-refractivity contribution in [2.24, 2.45) is 7.05 Å². The first-order valence-corrected chi connectivity index (χ1v) is 7.31. The van der Waals surface area contributed by atoms with Gasteiger partial charge in [-0.3, -0.25) is 9.59 Å². The first-order chi connectivity index (χ1) is 8.65. The SMILES string of the molecule is Cn1ccc2c1C(=O)N(CCCCBr)CCC2=O. The van der Waals surface area contributed by atoms with E-state index < -0.39 is 0 Å². The highest BCUT2D eigenvalue weighted by molar-refractivity contribution is 9.09. The molecule has 0 aromatic carbocycles. The van der Waals surface area contributed by atoms with Crippen molar-refractivity contribution in [2.45, 2.75) is 19.3 Å². The molecule has 0 bridgehead atoms. The number of unbranched alkanes of at least 4 members (excludes halogenated alkanes) is 1. The van der Waals surface area contributed by atoms with Crippen LogP contribution in [0.15, 0.2) is 12.3 Å². The molecule has 0 unspecified atom stereocenters. The number of Topliss-reactive ketones (excluding diaryl/α,β-unsaturated/α-hetero) is 1. The molecule has 18 heavy (non-hydrogen) atoms. The number of amides is 1. The van der Waals surface area contributed by atoms with Crippen molar-refractivity contribution in [3.8, 4) is 0 Å². The molecule has 0 aliphatic carbocycles. The normalized spacial score (nSPS) is 15.8. The van der Waals surface area contributed by atoms with Crippen LogP contribution in [0.25, 0.3) is 0 Å². The van der Waals surface area contributed by atoms with Gasteiger partial charge >= 0.3 is 0 Å². The topological polar surface area (TPSA) is 42.3 Å². The third-order valence-corrected chi connectivity index (χ3v) is 3.84. The Labute approximate surface area is 115 Å². The second kappa shape index (κ2) is 5.69. The van der Waals surface area contributed by atoms with Crippen LogP contribution in [-0.4, -0.2) is 39.6 Å². The van der Waals surface area contributed by atoms with Gasteiger partial charge in [0, 0.05) is 43.6 Å². The molecule has 1 aromatic heterocycles. The van der Waals surface area contributed by atoms with Crippen LogP contribution in [0, 0.1) is 0 Å². The molecular formula is C13H17BrN2O2. The quantitative estimate of drug-likeness (QED) is 0.632. The van der Waals surface area contributed by atoms with E-state index in [1.165, 1.54) is 0 Å². The van der Waals surface area contributed by atoms with Gasteiger partial charge in [-0.05, 0) is 18.9 Å². The van der Waals surface area contributed by atoms with Crippen molar-refractivity contribution in [1.29, 1.82) is 0 Å². The summed E-state index contributed by atoms with van der Waals surface area (Å²) in [5.74, 6) is 0.0554. The summed E-state index contributed by atoms with van der Waals surface area (Å²) in [6, 6.07) is 1.75. The smallest absolute Gasteiger partial charge is 0.271 e. The molecule has 0 saturated carbocycles. The summed E-state index contributed by atoms with van der Waals surface area (Å²) in [5, 5.41) is 0.948. The van der Waals surface area contributed by atoms with Crippen molar-refractivity contribution in [3.63, 3.8) is 0 Å². The Bertz CT molecular complexity index is 468. The number of nitrogens with zero attached hydrogens (tertiary/aromatic N) is 2. The van der Waals surface area contributed by atoms with Gasteiger partial charge in [-0.15, -0.1) is 0 Å². The highest BCUT2D eigenvalue weighted by atomic mass is 79.9. The summed E-state index contributed by atoms with van der Waals surface area (Å²) in [6.45, 7) is 1.26. The first kappa shape index (κ1) is 13.3. The molecular weight excluding hydrogens is 296 g/mol. The molecule has 0 N–H and O–H groups in total. The number of rotatable bonds is 4. The number of carbonyl (C=O) groups is 2. The van der Waals surface area contributed by atoms with Crippen molar-refractivity contribution in [1.82, 2.24) is 9.47 Å². The van der Waals surface area contributed by atoms with Crippen LogP contribution >= 0.6 is 15.9 Å². The maximum absolute atomic E-state index is 12.4. The summed E-state index contributed by atoms with van der Waals surface area (Å²) in [5.41, 5.74) is 1.11. The Morgan fingerprint density at radius 3 is 2.83 bits per heavy atom. The van der Waals surface area contributed by atoms with Crippen LogP contribution < -0.4 is 0 Å². The van der Waals surface area contributed by atoms with Crippen molar-refractivity contribution >= 4 is 27.6 Å². The number of ketones is 1. The van der Waals surface area contributed by atoms with E-state index in [1.807, 2.05) is 7.05 Å². The van der Waals surface area contributed by atoms with Crippen molar-refractivity contribution in [3.05, 3.63) is 23.5 Å². The standard InChI is InChI=1S/C13H17BrN2O2/c1-15-8-4-10-11(17)5-9-16(7-3-2-6-14)13(18)12(10)15/h4,8H,2-3,5-7,9H2,1H3. The summed E-state index contributed by atoms with van der Waals surface area (Å²) < 4.78 is 1.75. The minimum Gasteiger partial charge on any atom is -0.346 e. The van der Waals surface area contributed by atoms with E-state index in [4.69, 9.17) is 0 Å². The fraction of sp³-hybridized carbons (Fsp3) is 0.538. The van der Waals surface area contributed by atoms with Gasteiger partial charge in [-0.2, -0.15) is 0 Å². The fourth-order valence-corrected chi connectivity index (χ4v) is 2.65. The molecule has 0 saturated heterocycles. The first-order valence-electron chi connectivity index (χ1n) is 6.19. The minimum absolute atomic E-state index is 0.0158. The van der Waals surface area contributed by atoms with E-state index >= 15 is 0 Å². The van der Waals surface area contributed by atoms with Gasteiger partial charge in [0.05, 0.1) is 0 Å². The molecule has 4 nitrogen and oxygen atoms in total. The number of halogens is 1. The molecule has 2 heterocycles. The molecule has 1 aliphatic heterocycles. The molecule has 0 atom stereocenters. The lowest BCUT2D eigenvalue weighted by atomic mass is 10.1. The molecule has 0 radical (unpaired) electrons. The van der Waals surface area contributed by atoms with Crippen LogP contribution in [0.4, 0.5) is 0 Å². The third kappa shape index (κ3) is 2.51. The summed E-state index contributed by atoms with van der Waals surface area (Å²) >= 11 is 3.38. The molecule has 1 aromatic rings. The van der Waals surface area contributed by atoms with Gasteiger partial charge in [0.2, 0.25) is 0 Å². The van der Waals surface area contributed by atoms with E-state index in [0.29, 0.717) is 24.2 Å². The second-order valence-corrected chi connectivity index (χ2v) is 5.34. The zero-order valence-corrected chi connectivity index (χ0v) is 12.1. The van der Waals surface area contributed by atoms with Gasteiger partial charge in [0.25, 0.3) is 5.91 Å². The van der Waals surface area contributed by atoms with Crippen molar-refractivity contribution in [2.75, 3.05) is 18.4 Å². The molecule has 2 rings (SSSR count). The van der Waals surface area contributed by atoms with Crippen LogP contribution in [0.5, 0.6) is 0 Å². The zero-order chi connectivity index (χ0) is 13.1. The highest BCUT2D eigenvalue weighted by Crippen LogP contribution is 2.19. The number of carbonyl (C=O) groups excluding carboxylic acids is 2. The number of hydrogen-bond donors (Lipinski definition) is 0. The summed E-state index contributed by atoms with van der Waals surface area (Å²) in [7, 11) is 1.81. The second-order valence-electron chi connectivity index (χ2n) is 4.55. The predicted molar refractivity (Wildman–Crippen MR) is 73.3 cm³/mol. The van der Waals surface area contributed by atoms with E-state index in [2.05, 4.69) is 15.9 Å². The molecule has 98 valence electrons. The number of alkyl halides is 1. The lowest BCUT2D eigenvalue weighted by Crippen LogP contribution is -2.33. The van der Waals surface area contributed by atoms with Gasteiger partial charge in [-0.1, -0.05) is 15.9 Å². The van der Waals surface area contributed by atoms with Gasteiger partial charge in [0.1, 0.15) is 5.69 Å². The Morgan fingerprint density at radius 2 is 2.11 bits per heavy atom. The Morgan fingerprint density at radius 1 is 1.33 bits per heavy atom. The van der Waals surface area contributed by atoms with Gasteiger partial charge in [-0.25, -0.2) is 0 Å². The van der Waals surface area contributed by atoms with Crippen molar-refractivity contribution < 1.29 is 9.59 Å². The van der Waals surface area contributed by atoms with Crippen LogP contribution in [0.1, 0.15) is 40.1 Å². The molecule has 0 fully saturated rings. The number of fused-ring (bicyclic) bond motifs is 1. The molecule has 1 aliphatic rings. The Balaban J connectivity index is 2.21. The Kier molecular flexibility index (Phi) is 4.22. The molecule has 0 spiro atoms. The van der Waals surface area contributed by atoms with Crippen LogP contribution in [0.2, 0.25) is 0 Å².